The maximum atomic E-state index is 5.43. The number of methoxy groups -OCH3 is 1. The van der Waals surface area contributed by atoms with Gasteiger partial charge in [0.05, 0.1) is 6.61 Å². The predicted octanol–water partition coefficient (Wildman–Crippen LogP) is 1.43. The molecule has 0 saturated heterocycles. The summed E-state index contributed by atoms with van der Waals surface area (Å²) in [6.07, 6.45) is 0. The minimum atomic E-state index is 0.599. The van der Waals surface area contributed by atoms with Crippen LogP contribution in [-0.2, 0) is 11.3 Å². The van der Waals surface area contributed by atoms with Crippen LogP contribution in [0, 0.1) is 0 Å². The van der Waals surface area contributed by atoms with Gasteiger partial charge < -0.3 is 14.8 Å². The van der Waals surface area contributed by atoms with Crippen molar-refractivity contribution in [2.24, 2.45) is 0 Å². The Morgan fingerprint density at radius 3 is 2.43 bits per heavy atom. The molecule has 1 N–H and O–H groups in total. The van der Waals surface area contributed by atoms with Crippen molar-refractivity contribution in [1.82, 2.24) is 5.32 Å². The lowest BCUT2D eigenvalue weighted by Crippen LogP contribution is -2.06. The lowest BCUT2D eigenvalue weighted by Gasteiger charge is -2.06. The molecular weight excluding hydrogens is 178 g/mol. The highest BCUT2D eigenvalue weighted by molar-refractivity contribution is 5.27. The van der Waals surface area contributed by atoms with Gasteiger partial charge in [-0.2, -0.15) is 0 Å². The molecule has 0 aliphatic carbocycles. The van der Waals surface area contributed by atoms with Crippen LogP contribution in [0.4, 0.5) is 0 Å². The van der Waals surface area contributed by atoms with E-state index in [1.54, 1.807) is 7.11 Å². The summed E-state index contributed by atoms with van der Waals surface area (Å²) >= 11 is 0. The summed E-state index contributed by atoms with van der Waals surface area (Å²) in [5.74, 6) is 0.891. The van der Waals surface area contributed by atoms with Crippen LogP contribution in [0.15, 0.2) is 24.3 Å². The first-order chi connectivity index (χ1) is 6.86. The van der Waals surface area contributed by atoms with Gasteiger partial charge in [-0.1, -0.05) is 12.1 Å². The second-order valence-electron chi connectivity index (χ2n) is 3.02. The highest BCUT2D eigenvalue weighted by Crippen LogP contribution is 2.11. The summed E-state index contributed by atoms with van der Waals surface area (Å²) in [4.78, 5) is 0. The van der Waals surface area contributed by atoms with Gasteiger partial charge in [-0.3, -0.25) is 0 Å². The highest BCUT2D eigenvalue weighted by Gasteiger charge is 1.94. The van der Waals surface area contributed by atoms with Crippen LogP contribution in [0.1, 0.15) is 5.56 Å². The topological polar surface area (TPSA) is 30.5 Å². The van der Waals surface area contributed by atoms with Gasteiger partial charge in [0.1, 0.15) is 12.4 Å². The summed E-state index contributed by atoms with van der Waals surface area (Å²) in [5.41, 5.74) is 1.26. The van der Waals surface area contributed by atoms with Gasteiger partial charge in [0.2, 0.25) is 0 Å². The van der Waals surface area contributed by atoms with Crippen molar-refractivity contribution in [3.05, 3.63) is 29.8 Å². The number of benzene rings is 1. The SMILES string of the molecule is CNCc1ccc(OCCOC)cc1. The van der Waals surface area contributed by atoms with E-state index in [4.69, 9.17) is 9.47 Å². The average molecular weight is 195 g/mol. The quantitative estimate of drug-likeness (QED) is 0.697. The third-order valence-corrected chi connectivity index (χ3v) is 1.86. The molecule has 1 aromatic carbocycles. The molecule has 0 heterocycles. The monoisotopic (exact) mass is 195 g/mol. The fourth-order valence-corrected chi connectivity index (χ4v) is 1.15. The second kappa shape index (κ2) is 6.40. The Balaban J connectivity index is 2.38. The molecule has 14 heavy (non-hydrogen) atoms. The van der Waals surface area contributed by atoms with Crippen LogP contribution >= 0.6 is 0 Å². The van der Waals surface area contributed by atoms with Crippen molar-refractivity contribution in [3.8, 4) is 5.75 Å². The fraction of sp³-hybridized carbons (Fsp3) is 0.455. The van der Waals surface area contributed by atoms with E-state index in [1.807, 2.05) is 19.2 Å². The molecule has 0 saturated carbocycles. The predicted molar refractivity (Wildman–Crippen MR) is 56.6 cm³/mol. The Labute approximate surface area is 85.0 Å². The molecule has 3 nitrogen and oxygen atoms in total. The van der Waals surface area contributed by atoms with Crippen molar-refractivity contribution < 1.29 is 9.47 Å². The Hall–Kier alpha value is -1.06. The van der Waals surface area contributed by atoms with Crippen molar-refractivity contribution in [3.63, 3.8) is 0 Å². The number of nitrogens with one attached hydrogen (secondary N) is 1. The van der Waals surface area contributed by atoms with Gasteiger partial charge in [0, 0.05) is 13.7 Å². The Bertz CT molecular complexity index is 246. The zero-order valence-electron chi connectivity index (χ0n) is 8.75. The maximum absolute atomic E-state index is 5.43. The molecule has 0 amide bonds. The lowest BCUT2D eigenvalue weighted by molar-refractivity contribution is 0.146. The molecule has 0 unspecified atom stereocenters. The van der Waals surface area contributed by atoms with E-state index < -0.39 is 0 Å². The summed E-state index contributed by atoms with van der Waals surface area (Å²) in [6, 6.07) is 8.06. The van der Waals surface area contributed by atoms with E-state index in [2.05, 4.69) is 17.4 Å². The van der Waals surface area contributed by atoms with E-state index >= 15 is 0 Å². The van der Waals surface area contributed by atoms with Crippen LogP contribution in [0.25, 0.3) is 0 Å². The molecule has 0 fully saturated rings. The van der Waals surface area contributed by atoms with Crippen molar-refractivity contribution in [2.45, 2.75) is 6.54 Å². The van der Waals surface area contributed by atoms with Crippen LogP contribution in [0.3, 0.4) is 0 Å². The summed E-state index contributed by atoms with van der Waals surface area (Å²) in [5, 5.41) is 3.09. The van der Waals surface area contributed by atoms with Gasteiger partial charge in [0.15, 0.2) is 0 Å². The minimum absolute atomic E-state index is 0.599. The summed E-state index contributed by atoms with van der Waals surface area (Å²) in [6.45, 7) is 2.11. The summed E-state index contributed by atoms with van der Waals surface area (Å²) < 4.78 is 10.3. The van der Waals surface area contributed by atoms with Gasteiger partial charge in [-0.25, -0.2) is 0 Å². The average Bonchev–Trinajstić information content (AvgIpc) is 2.21. The maximum Gasteiger partial charge on any atom is 0.119 e. The standard InChI is InChI=1S/C11H17NO2/c1-12-9-10-3-5-11(6-4-10)14-8-7-13-2/h3-6,12H,7-9H2,1-2H3. The zero-order valence-corrected chi connectivity index (χ0v) is 8.75. The molecule has 1 rings (SSSR count). The molecule has 0 aliphatic heterocycles. The number of rotatable bonds is 6. The zero-order chi connectivity index (χ0) is 10.2. The van der Waals surface area contributed by atoms with Crippen LogP contribution in [0.5, 0.6) is 5.75 Å². The van der Waals surface area contributed by atoms with Crippen LogP contribution in [-0.4, -0.2) is 27.4 Å². The Morgan fingerprint density at radius 2 is 1.86 bits per heavy atom. The first kappa shape index (κ1) is 11.0. The molecule has 0 spiro atoms. The smallest absolute Gasteiger partial charge is 0.119 e. The lowest BCUT2D eigenvalue weighted by atomic mass is 10.2. The molecule has 0 bridgehead atoms. The third kappa shape index (κ3) is 3.77. The van der Waals surface area contributed by atoms with Crippen LogP contribution < -0.4 is 10.1 Å². The molecule has 0 atom stereocenters. The van der Waals surface area contributed by atoms with Gasteiger partial charge >= 0.3 is 0 Å². The number of hydrogen-bond acceptors (Lipinski definition) is 3. The van der Waals surface area contributed by atoms with Gasteiger partial charge in [-0.15, -0.1) is 0 Å². The Morgan fingerprint density at radius 1 is 1.14 bits per heavy atom. The van der Waals surface area contributed by atoms with E-state index in [9.17, 15) is 0 Å². The van der Waals surface area contributed by atoms with Crippen molar-refractivity contribution in [2.75, 3.05) is 27.4 Å². The number of ether oxygens (including phenoxy) is 2. The fourth-order valence-electron chi connectivity index (χ4n) is 1.15. The van der Waals surface area contributed by atoms with Gasteiger partial charge in [0.25, 0.3) is 0 Å². The molecular formula is C11H17NO2. The second-order valence-corrected chi connectivity index (χ2v) is 3.02. The summed E-state index contributed by atoms with van der Waals surface area (Å²) in [7, 11) is 3.60. The molecule has 1 aromatic rings. The van der Waals surface area contributed by atoms with E-state index in [0.717, 1.165) is 12.3 Å². The molecule has 0 aliphatic rings. The molecule has 3 heteroatoms. The largest absolute Gasteiger partial charge is 0.491 e. The minimum Gasteiger partial charge on any atom is -0.491 e. The first-order valence-electron chi connectivity index (χ1n) is 4.72. The highest BCUT2D eigenvalue weighted by atomic mass is 16.5. The first-order valence-corrected chi connectivity index (χ1v) is 4.72. The number of hydrogen-bond donors (Lipinski definition) is 1. The van der Waals surface area contributed by atoms with E-state index in [1.165, 1.54) is 5.56 Å². The molecule has 0 radical (unpaired) electrons. The van der Waals surface area contributed by atoms with E-state index in [0.29, 0.717) is 13.2 Å². The normalized spacial score (nSPS) is 10.1. The third-order valence-electron chi connectivity index (χ3n) is 1.86. The van der Waals surface area contributed by atoms with Crippen LogP contribution in [0.2, 0.25) is 0 Å². The van der Waals surface area contributed by atoms with Gasteiger partial charge in [-0.05, 0) is 24.7 Å². The van der Waals surface area contributed by atoms with Crippen molar-refractivity contribution >= 4 is 0 Å². The molecule has 0 aromatic heterocycles. The Kier molecular flexibility index (Phi) is 5.04. The van der Waals surface area contributed by atoms with E-state index in [-0.39, 0.29) is 0 Å². The van der Waals surface area contributed by atoms with Crippen molar-refractivity contribution in [1.29, 1.82) is 0 Å². The molecule has 78 valence electrons.